The van der Waals surface area contributed by atoms with Gasteiger partial charge in [0.05, 0.1) is 10.2 Å². The number of nitrogens with one attached hydrogen (secondary N) is 1. The van der Waals surface area contributed by atoms with Crippen LogP contribution in [0.2, 0.25) is 0 Å². The van der Waals surface area contributed by atoms with Gasteiger partial charge < -0.3 is 4.74 Å². The second-order valence-electron chi connectivity index (χ2n) is 7.28. The first kappa shape index (κ1) is 19.8. The van der Waals surface area contributed by atoms with Crippen molar-refractivity contribution in [2.45, 2.75) is 57.0 Å². The second-order valence-corrected chi connectivity index (χ2v) is 10.2. The highest BCUT2D eigenvalue weighted by atomic mass is 32.2. The maximum atomic E-state index is 12.7. The number of ether oxygens (including phenoxy) is 1. The molecule has 0 aliphatic carbocycles. The molecule has 0 bridgehead atoms. The van der Waals surface area contributed by atoms with Crippen molar-refractivity contribution in [3.63, 3.8) is 0 Å². The zero-order valence-electron chi connectivity index (χ0n) is 15.1. The number of hydrogen-bond acceptors (Lipinski definition) is 6. The van der Waals surface area contributed by atoms with E-state index in [0.29, 0.717) is 11.9 Å². The molecule has 2 rings (SSSR count). The van der Waals surface area contributed by atoms with Crippen molar-refractivity contribution in [2.24, 2.45) is 5.92 Å². The highest BCUT2D eigenvalue weighted by molar-refractivity contribution is 7.91. The standard InChI is InChI=1S/C17H24N2O4S2/c1-11(2)10-13(15(20)23-17(3,4)5)19-25(21,22)16-18-12-8-6-7-9-14(12)24-16/h6-9,11,13,19H,10H2,1-5H3/t13-/m0/s1. The molecule has 8 heteroatoms. The molecule has 0 amide bonds. The van der Waals surface area contributed by atoms with Crippen molar-refractivity contribution in [2.75, 3.05) is 0 Å². The molecule has 1 aromatic heterocycles. The summed E-state index contributed by atoms with van der Waals surface area (Å²) in [6, 6.07) is 6.24. The molecule has 2 aromatic rings. The van der Waals surface area contributed by atoms with Crippen LogP contribution in [-0.2, 0) is 19.6 Å². The minimum atomic E-state index is -3.91. The van der Waals surface area contributed by atoms with E-state index in [1.54, 1.807) is 32.9 Å². The van der Waals surface area contributed by atoms with Gasteiger partial charge in [0.1, 0.15) is 11.6 Å². The van der Waals surface area contributed by atoms with Crippen molar-refractivity contribution in [3.8, 4) is 0 Å². The van der Waals surface area contributed by atoms with Crippen molar-refractivity contribution in [3.05, 3.63) is 24.3 Å². The minimum absolute atomic E-state index is 0.0500. The fourth-order valence-corrected chi connectivity index (χ4v) is 4.68. The van der Waals surface area contributed by atoms with E-state index < -0.39 is 27.6 Å². The highest BCUT2D eigenvalue weighted by Crippen LogP contribution is 2.25. The lowest BCUT2D eigenvalue weighted by atomic mass is 10.0. The molecule has 0 aliphatic heterocycles. The van der Waals surface area contributed by atoms with Crippen LogP contribution < -0.4 is 4.72 Å². The van der Waals surface area contributed by atoms with Crippen molar-refractivity contribution < 1.29 is 17.9 Å². The largest absolute Gasteiger partial charge is 0.459 e. The molecule has 1 aromatic carbocycles. The zero-order valence-corrected chi connectivity index (χ0v) is 16.7. The SMILES string of the molecule is CC(C)C[C@H](NS(=O)(=O)c1nc2ccccc2s1)C(=O)OC(C)(C)C. The lowest BCUT2D eigenvalue weighted by Gasteiger charge is -2.25. The van der Waals surface area contributed by atoms with Crippen molar-refractivity contribution >= 4 is 37.5 Å². The van der Waals surface area contributed by atoms with E-state index in [9.17, 15) is 13.2 Å². The molecule has 138 valence electrons. The van der Waals surface area contributed by atoms with E-state index in [1.165, 1.54) is 0 Å². The van der Waals surface area contributed by atoms with Gasteiger partial charge in [0.2, 0.25) is 4.34 Å². The first-order chi connectivity index (χ1) is 11.5. The van der Waals surface area contributed by atoms with Crippen LogP contribution in [-0.4, -0.2) is 31.0 Å². The number of thiazole rings is 1. The van der Waals surface area contributed by atoms with Gasteiger partial charge in [-0.3, -0.25) is 4.79 Å². The fourth-order valence-electron chi connectivity index (χ4n) is 2.24. The first-order valence-corrected chi connectivity index (χ1v) is 10.4. The van der Waals surface area contributed by atoms with Gasteiger partial charge in [-0.1, -0.05) is 26.0 Å². The van der Waals surface area contributed by atoms with Crippen LogP contribution in [0.25, 0.3) is 10.2 Å². The molecule has 0 unspecified atom stereocenters. The molecular formula is C17H24N2O4S2. The lowest BCUT2D eigenvalue weighted by molar-refractivity contribution is -0.157. The average molecular weight is 385 g/mol. The van der Waals surface area contributed by atoms with E-state index in [1.807, 2.05) is 26.0 Å². The Morgan fingerprint density at radius 2 is 1.92 bits per heavy atom. The molecule has 25 heavy (non-hydrogen) atoms. The van der Waals surface area contributed by atoms with Crippen molar-refractivity contribution in [1.29, 1.82) is 0 Å². The minimum Gasteiger partial charge on any atom is -0.459 e. The van der Waals surface area contributed by atoms with E-state index in [-0.39, 0.29) is 10.3 Å². The number of esters is 1. The first-order valence-electron chi connectivity index (χ1n) is 8.09. The molecule has 1 N–H and O–H groups in total. The molecule has 0 spiro atoms. The third-order valence-electron chi connectivity index (χ3n) is 3.20. The third-order valence-corrected chi connectivity index (χ3v) is 6.09. The number of aromatic nitrogens is 1. The Balaban J connectivity index is 2.27. The molecule has 0 saturated carbocycles. The summed E-state index contributed by atoms with van der Waals surface area (Å²) in [6.07, 6.45) is 0.346. The van der Waals surface area contributed by atoms with E-state index >= 15 is 0 Å². The number of sulfonamides is 1. The topological polar surface area (TPSA) is 85.4 Å². The Morgan fingerprint density at radius 1 is 1.28 bits per heavy atom. The van der Waals surface area contributed by atoms with Gasteiger partial charge in [-0.05, 0) is 45.2 Å². The Bertz CT molecular complexity index is 818. The van der Waals surface area contributed by atoms with Crippen LogP contribution in [0.4, 0.5) is 0 Å². The third kappa shape index (κ3) is 5.49. The Morgan fingerprint density at radius 3 is 2.48 bits per heavy atom. The summed E-state index contributed by atoms with van der Waals surface area (Å²) < 4.78 is 33.9. The summed E-state index contributed by atoms with van der Waals surface area (Å²) in [7, 11) is -3.91. The van der Waals surface area contributed by atoms with Crippen LogP contribution in [0.3, 0.4) is 0 Å². The predicted molar refractivity (Wildman–Crippen MR) is 99.0 cm³/mol. The molecule has 0 fully saturated rings. The number of para-hydroxylation sites is 1. The van der Waals surface area contributed by atoms with Crippen LogP contribution in [0.15, 0.2) is 28.6 Å². The molecular weight excluding hydrogens is 360 g/mol. The van der Waals surface area contributed by atoms with Gasteiger partial charge in [0.25, 0.3) is 10.0 Å². The number of hydrogen-bond donors (Lipinski definition) is 1. The Labute approximate surface area is 152 Å². The lowest BCUT2D eigenvalue weighted by Crippen LogP contribution is -2.44. The summed E-state index contributed by atoms with van der Waals surface area (Å²) in [6.45, 7) is 9.09. The molecule has 0 aliphatic rings. The molecule has 6 nitrogen and oxygen atoms in total. The number of fused-ring (bicyclic) bond motifs is 1. The van der Waals surface area contributed by atoms with Gasteiger partial charge in [-0.25, -0.2) is 13.4 Å². The Hall–Kier alpha value is -1.51. The average Bonchev–Trinajstić information content (AvgIpc) is 2.88. The summed E-state index contributed by atoms with van der Waals surface area (Å²) in [5, 5.41) is 0. The van der Waals surface area contributed by atoms with Crippen LogP contribution >= 0.6 is 11.3 Å². The van der Waals surface area contributed by atoms with Gasteiger partial charge in [-0.15, -0.1) is 11.3 Å². The van der Waals surface area contributed by atoms with Gasteiger partial charge in [-0.2, -0.15) is 4.72 Å². The molecule has 0 radical (unpaired) electrons. The zero-order chi connectivity index (χ0) is 18.8. The van der Waals surface area contributed by atoms with Gasteiger partial charge >= 0.3 is 5.97 Å². The maximum absolute atomic E-state index is 12.7. The molecule has 0 saturated heterocycles. The monoisotopic (exact) mass is 384 g/mol. The van der Waals surface area contributed by atoms with Crippen LogP contribution in [0.5, 0.6) is 0 Å². The summed E-state index contributed by atoms with van der Waals surface area (Å²) in [5.41, 5.74) is -0.0706. The Kier molecular flexibility index (Phi) is 5.86. The fraction of sp³-hybridized carbons (Fsp3) is 0.529. The highest BCUT2D eigenvalue weighted by Gasteiger charge is 2.31. The van der Waals surface area contributed by atoms with Crippen molar-refractivity contribution in [1.82, 2.24) is 9.71 Å². The van der Waals surface area contributed by atoms with Crippen LogP contribution in [0.1, 0.15) is 41.0 Å². The van der Waals surface area contributed by atoms with E-state index in [2.05, 4.69) is 9.71 Å². The number of rotatable bonds is 6. The quantitative estimate of drug-likeness (QED) is 0.772. The summed E-state index contributed by atoms with van der Waals surface area (Å²) in [5.74, 6) is -0.457. The molecule has 1 atom stereocenters. The predicted octanol–water partition coefficient (Wildman–Crippen LogP) is 3.33. The molecule has 1 heterocycles. The normalized spacial score (nSPS) is 14.0. The van der Waals surface area contributed by atoms with Gasteiger partial charge in [0, 0.05) is 0 Å². The second kappa shape index (κ2) is 7.39. The summed E-state index contributed by atoms with van der Waals surface area (Å²) in [4.78, 5) is 16.6. The number of benzene rings is 1. The number of carbonyl (C=O) groups is 1. The van der Waals surface area contributed by atoms with E-state index in [0.717, 1.165) is 16.0 Å². The number of carbonyl (C=O) groups excluding carboxylic acids is 1. The van der Waals surface area contributed by atoms with Crippen LogP contribution in [0, 0.1) is 5.92 Å². The number of nitrogens with zero attached hydrogens (tertiary/aromatic N) is 1. The smallest absolute Gasteiger partial charge is 0.324 e. The maximum Gasteiger partial charge on any atom is 0.324 e. The van der Waals surface area contributed by atoms with E-state index in [4.69, 9.17) is 4.74 Å². The van der Waals surface area contributed by atoms with Gasteiger partial charge in [0.15, 0.2) is 0 Å². The summed E-state index contributed by atoms with van der Waals surface area (Å²) >= 11 is 1.08.